The maximum absolute atomic E-state index is 8.85. The number of H-pyrrole nitrogens is 1. The lowest BCUT2D eigenvalue weighted by molar-refractivity contribution is 0.292. The van der Waals surface area contributed by atoms with Crippen LogP contribution in [0.3, 0.4) is 0 Å². The fraction of sp³-hybridized carbons (Fsp3) is 0.235. The second-order valence-electron chi connectivity index (χ2n) is 5.90. The first kappa shape index (κ1) is 16.7. The minimum atomic E-state index is 0.138. The number of nitrogens with one attached hydrogen (secondary N) is 3. The molecule has 26 heavy (non-hydrogen) atoms. The van der Waals surface area contributed by atoms with E-state index < -0.39 is 0 Å². The van der Waals surface area contributed by atoms with Gasteiger partial charge in [0.1, 0.15) is 0 Å². The molecular weight excluding hydrogens is 350 g/mol. The molecule has 0 saturated carbocycles. The molecule has 0 aliphatic carbocycles. The third-order valence-electron chi connectivity index (χ3n) is 3.92. The third kappa shape index (κ3) is 3.32. The zero-order chi connectivity index (χ0) is 17.9. The largest absolute Gasteiger partial charge is 0.395 e. The molecule has 9 heteroatoms. The molecule has 0 radical (unpaired) electrons. The number of nitrogens with zero attached hydrogens (tertiary/aromatic N) is 4. The summed E-state index contributed by atoms with van der Waals surface area (Å²) in [6, 6.07) is 2.08. The van der Waals surface area contributed by atoms with E-state index in [-0.39, 0.29) is 6.61 Å². The number of aliphatic hydroxyl groups is 1. The summed E-state index contributed by atoms with van der Waals surface area (Å²) >= 11 is 1.62. The Morgan fingerprint density at radius 2 is 2.27 bits per heavy atom. The van der Waals surface area contributed by atoms with E-state index in [0.29, 0.717) is 6.54 Å². The predicted molar refractivity (Wildman–Crippen MR) is 102 cm³/mol. The van der Waals surface area contributed by atoms with Gasteiger partial charge in [-0.2, -0.15) is 5.10 Å². The number of rotatable bonds is 7. The molecule has 134 valence electrons. The maximum Gasteiger partial charge on any atom is 0.180 e. The van der Waals surface area contributed by atoms with Crippen molar-refractivity contribution in [2.75, 3.05) is 18.5 Å². The van der Waals surface area contributed by atoms with Gasteiger partial charge in [-0.15, -0.1) is 11.3 Å². The van der Waals surface area contributed by atoms with E-state index in [4.69, 9.17) is 5.11 Å². The third-order valence-corrected chi connectivity index (χ3v) is 4.81. The lowest BCUT2D eigenvalue weighted by Gasteiger charge is -2.07. The van der Waals surface area contributed by atoms with Crippen LogP contribution in [-0.4, -0.2) is 42.8 Å². The van der Waals surface area contributed by atoms with Crippen LogP contribution in [0.2, 0.25) is 0 Å². The van der Waals surface area contributed by atoms with Crippen LogP contribution in [0, 0.1) is 6.92 Å². The van der Waals surface area contributed by atoms with Crippen LogP contribution in [0.4, 0.5) is 10.8 Å². The number of aliphatic hydroxyl groups excluding tert-OH is 1. The maximum atomic E-state index is 8.85. The molecule has 4 heterocycles. The molecule has 4 aromatic heterocycles. The Hall–Kier alpha value is -2.75. The van der Waals surface area contributed by atoms with E-state index in [1.165, 1.54) is 0 Å². The molecular formula is C17H19N7OS. The average molecular weight is 369 g/mol. The Bertz CT molecular complexity index is 1010. The van der Waals surface area contributed by atoms with Crippen molar-refractivity contribution in [2.45, 2.75) is 13.5 Å². The second kappa shape index (κ2) is 7.24. The van der Waals surface area contributed by atoms with Gasteiger partial charge in [0.05, 0.1) is 35.4 Å². The number of hydrogen-bond donors (Lipinski definition) is 4. The molecule has 4 aromatic rings. The summed E-state index contributed by atoms with van der Waals surface area (Å²) in [7, 11) is 0. The van der Waals surface area contributed by atoms with Crippen molar-refractivity contribution >= 4 is 27.8 Å². The van der Waals surface area contributed by atoms with Gasteiger partial charge in [-0.1, -0.05) is 0 Å². The topological polar surface area (TPSA) is 103 Å². The smallest absolute Gasteiger partial charge is 0.180 e. The summed E-state index contributed by atoms with van der Waals surface area (Å²) in [5.74, 6) is 0.719. The highest BCUT2D eigenvalue weighted by atomic mass is 32.1. The minimum Gasteiger partial charge on any atom is -0.395 e. The van der Waals surface area contributed by atoms with E-state index in [0.717, 1.165) is 45.5 Å². The van der Waals surface area contributed by atoms with Gasteiger partial charge >= 0.3 is 0 Å². The molecule has 0 amide bonds. The zero-order valence-electron chi connectivity index (χ0n) is 14.2. The van der Waals surface area contributed by atoms with Crippen molar-refractivity contribution < 1.29 is 5.11 Å². The van der Waals surface area contributed by atoms with Crippen molar-refractivity contribution in [3.8, 4) is 11.3 Å². The van der Waals surface area contributed by atoms with Crippen molar-refractivity contribution in [1.82, 2.24) is 29.9 Å². The highest BCUT2D eigenvalue weighted by Crippen LogP contribution is 2.28. The lowest BCUT2D eigenvalue weighted by atomic mass is 10.3. The molecule has 4 rings (SSSR count). The monoisotopic (exact) mass is 369 g/mol. The summed E-state index contributed by atoms with van der Waals surface area (Å²) in [4.78, 5) is 9.16. The Kier molecular flexibility index (Phi) is 4.65. The van der Waals surface area contributed by atoms with Gasteiger partial charge in [-0.3, -0.25) is 9.50 Å². The molecule has 0 aromatic carbocycles. The fourth-order valence-corrected chi connectivity index (χ4v) is 3.56. The molecule has 0 atom stereocenters. The van der Waals surface area contributed by atoms with Crippen molar-refractivity contribution in [3.63, 3.8) is 0 Å². The number of fused-ring (bicyclic) bond motifs is 1. The normalized spacial score (nSPS) is 11.3. The summed E-state index contributed by atoms with van der Waals surface area (Å²) in [5, 5.41) is 25.3. The minimum absolute atomic E-state index is 0.138. The summed E-state index contributed by atoms with van der Waals surface area (Å²) < 4.78 is 2.02. The first-order valence-electron chi connectivity index (χ1n) is 8.24. The second-order valence-corrected chi connectivity index (χ2v) is 6.81. The Morgan fingerprint density at radius 1 is 1.35 bits per heavy atom. The van der Waals surface area contributed by atoms with Crippen LogP contribution < -0.4 is 10.6 Å². The van der Waals surface area contributed by atoms with Gasteiger partial charge < -0.3 is 15.7 Å². The Labute approximate surface area is 153 Å². The quantitative estimate of drug-likeness (QED) is 0.373. The van der Waals surface area contributed by atoms with Crippen LogP contribution >= 0.6 is 11.3 Å². The van der Waals surface area contributed by atoms with Gasteiger partial charge in [-0.05, 0) is 23.9 Å². The summed E-state index contributed by atoms with van der Waals surface area (Å²) in [6.07, 6.45) is 7.41. The molecule has 0 fully saturated rings. The Balaban J connectivity index is 1.63. The Morgan fingerprint density at radius 3 is 3.08 bits per heavy atom. The zero-order valence-corrected chi connectivity index (χ0v) is 15.0. The number of aryl methyl sites for hydroxylation is 1. The van der Waals surface area contributed by atoms with Crippen LogP contribution in [0.15, 0.2) is 36.2 Å². The average Bonchev–Trinajstić information content (AvgIpc) is 3.35. The standard InChI is InChI=1S/C17H19N7OS/c1-11-9-24-14(13-6-20-21-7-13)8-19-17(24)16(22-11)23-15-4-12(10-26-15)5-18-2-3-25/h4,6-10,18,25H,2-3,5H2,1H3,(H,20,21)(H,22,23). The number of aromatic nitrogens is 5. The SMILES string of the molecule is Cc1cn2c(-c3cn[nH]c3)cnc2c(Nc2cc(CNCCO)cs2)n1. The van der Waals surface area contributed by atoms with Crippen LogP contribution in [-0.2, 0) is 6.54 Å². The van der Waals surface area contributed by atoms with E-state index in [9.17, 15) is 0 Å². The number of imidazole rings is 1. The highest BCUT2D eigenvalue weighted by Gasteiger charge is 2.13. The molecule has 0 aliphatic rings. The molecule has 0 aliphatic heterocycles. The van der Waals surface area contributed by atoms with Gasteiger partial charge in [0.15, 0.2) is 11.5 Å². The molecule has 0 spiro atoms. The van der Waals surface area contributed by atoms with Crippen molar-refractivity contribution in [2.24, 2.45) is 0 Å². The fourth-order valence-electron chi connectivity index (χ4n) is 2.76. The molecule has 0 saturated heterocycles. The van der Waals surface area contributed by atoms with Gasteiger partial charge in [0, 0.05) is 31.0 Å². The first-order valence-corrected chi connectivity index (χ1v) is 9.12. The van der Waals surface area contributed by atoms with Gasteiger partial charge in [0.25, 0.3) is 0 Å². The molecule has 0 bridgehead atoms. The van der Waals surface area contributed by atoms with Gasteiger partial charge in [0.2, 0.25) is 0 Å². The number of anilines is 2. The van der Waals surface area contributed by atoms with E-state index in [1.54, 1.807) is 17.5 Å². The van der Waals surface area contributed by atoms with Crippen LogP contribution in [0.5, 0.6) is 0 Å². The number of aromatic amines is 1. The molecule has 4 N–H and O–H groups in total. The van der Waals surface area contributed by atoms with Crippen molar-refractivity contribution in [3.05, 3.63) is 47.5 Å². The summed E-state index contributed by atoms with van der Waals surface area (Å²) in [5.41, 5.74) is 4.76. The number of hydrogen-bond acceptors (Lipinski definition) is 7. The van der Waals surface area contributed by atoms with Crippen LogP contribution in [0.25, 0.3) is 16.9 Å². The van der Waals surface area contributed by atoms with Gasteiger partial charge in [-0.25, -0.2) is 9.97 Å². The molecule has 8 nitrogen and oxygen atoms in total. The van der Waals surface area contributed by atoms with E-state index >= 15 is 0 Å². The van der Waals surface area contributed by atoms with Crippen LogP contribution in [0.1, 0.15) is 11.3 Å². The van der Waals surface area contributed by atoms with E-state index in [1.807, 2.05) is 29.9 Å². The summed E-state index contributed by atoms with van der Waals surface area (Å²) in [6.45, 7) is 3.41. The lowest BCUT2D eigenvalue weighted by Crippen LogP contribution is -2.16. The van der Waals surface area contributed by atoms with Crippen molar-refractivity contribution in [1.29, 1.82) is 0 Å². The van der Waals surface area contributed by atoms with E-state index in [2.05, 4.69) is 42.2 Å². The number of thiophene rings is 1. The molecule has 0 unspecified atom stereocenters. The highest BCUT2D eigenvalue weighted by molar-refractivity contribution is 7.14. The predicted octanol–water partition coefficient (Wildman–Crippen LogP) is 2.31. The first-order chi connectivity index (χ1) is 12.7.